The topological polar surface area (TPSA) is 20.2 Å². The van der Waals surface area contributed by atoms with Crippen LogP contribution < -0.4 is 0 Å². The van der Waals surface area contributed by atoms with Crippen molar-refractivity contribution in [2.24, 2.45) is 11.8 Å². The molecule has 0 radical (unpaired) electrons. The van der Waals surface area contributed by atoms with Gasteiger partial charge in [-0.2, -0.15) is 0 Å². The first-order valence-electron chi connectivity index (χ1n) is 4.79. The van der Waals surface area contributed by atoms with E-state index in [1.807, 2.05) is 0 Å². The van der Waals surface area contributed by atoms with Crippen LogP contribution >= 0.6 is 11.3 Å². The largest absolute Gasteiger partial charge is 0.396 e. The molecule has 1 rings (SSSR count). The Morgan fingerprint density at radius 2 is 2.15 bits per heavy atom. The van der Waals surface area contributed by atoms with Gasteiger partial charge in [0.2, 0.25) is 0 Å². The van der Waals surface area contributed by atoms with Crippen molar-refractivity contribution in [3.05, 3.63) is 21.9 Å². The molecule has 1 heterocycles. The molecular weight excluding hydrogens is 180 g/mol. The van der Waals surface area contributed by atoms with Crippen LogP contribution in [-0.2, 0) is 6.42 Å². The van der Waals surface area contributed by atoms with E-state index in [1.54, 1.807) is 11.3 Å². The standard InChI is InChI=1S/C11H18OS/c1-8(2)10(7-12)6-11-9(3)4-5-13-11/h4-5,8,10,12H,6-7H2,1-3H3. The number of aliphatic hydroxyl groups excluding tert-OH is 1. The fourth-order valence-electron chi connectivity index (χ4n) is 1.36. The highest BCUT2D eigenvalue weighted by Crippen LogP contribution is 2.23. The van der Waals surface area contributed by atoms with Crippen LogP contribution in [0.3, 0.4) is 0 Å². The highest BCUT2D eigenvalue weighted by molar-refractivity contribution is 7.10. The lowest BCUT2D eigenvalue weighted by atomic mass is 9.92. The lowest BCUT2D eigenvalue weighted by molar-refractivity contribution is 0.189. The second-order valence-electron chi connectivity index (χ2n) is 3.92. The number of aryl methyl sites for hydroxylation is 1. The summed E-state index contributed by atoms with van der Waals surface area (Å²) < 4.78 is 0. The minimum atomic E-state index is 0.301. The fraction of sp³-hybridized carbons (Fsp3) is 0.636. The van der Waals surface area contributed by atoms with Gasteiger partial charge in [-0.15, -0.1) is 11.3 Å². The van der Waals surface area contributed by atoms with Crippen LogP contribution in [0, 0.1) is 18.8 Å². The molecule has 0 aliphatic rings. The summed E-state index contributed by atoms with van der Waals surface area (Å²) in [5.74, 6) is 0.976. The summed E-state index contributed by atoms with van der Waals surface area (Å²) in [7, 11) is 0. The fourth-order valence-corrected chi connectivity index (χ4v) is 2.36. The van der Waals surface area contributed by atoms with Gasteiger partial charge in [-0.25, -0.2) is 0 Å². The van der Waals surface area contributed by atoms with Crippen molar-refractivity contribution in [1.82, 2.24) is 0 Å². The molecule has 0 saturated carbocycles. The summed E-state index contributed by atoms with van der Waals surface area (Å²) in [5, 5.41) is 11.3. The Hall–Kier alpha value is -0.340. The van der Waals surface area contributed by atoms with E-state index in [2.05, 4.69) is 32.2 Å². The van der Waals surface area contributed by atoms with E-state index in [0.29, 0.717) is 18.4 Å². The molecule has 0 fully saturated rings. The summed E-state index contributed by atoms with van der Waals surface area (Å²) in [6, 6.07) is 2.15. The maximum Gasteiger partial charge on any atom is 0.0465 e. The van der Waals surface area contributed by atoms with Crippen molar-refractivity contribution < 1.29 is 5.11 Å². The zero-order valence-corrected chi connectivity index (χ0v) is 9.40. The minimum Gasteiger partial charge on any atom is -0.396 e. The number of thiophene rings is 1. The predicted molar refractivity (Wildman–Crippen MR) is 58.2 cm³/mol. The Balaban J connectivity index is 2.62. The Morgan fingerprint density at radius 3 is 2.54 bits per heavy atom. The number of hydrogen-bond donors (Lipinski definition) is 1. The van der Waals surface area contributed by atoms with E-state index in [-0.39, 0.29) is 0 Å². The molecule has 1 nitrogen and oxygen atoms in total. The van der Waals surface area contributed by atoms with Gasteiger partial charge in [0.15, 0.2) is 0 Å². The first-order chi connectivity index (χ1) is 6.15. The summed E-state index contributed by atoms with van der Waals surface area (Å²) in [6.07, 6.45) is 1.03. The van der Waals surface area contributed by atoms with Crippen molar-refractivity contribution in [1.29, 1.82) is 0 Å². The molecule has 0 aromatic carbocycles. The lowest BCUT2D eigenvalue weighted by Gasteiger charge is -2.17. The van der Waals surface area contributed by atoms with Crippen molar-refractivity contribution in [2.75, 3.05) is 6.61 Å². The smallest absolute Gasteiger partial charge is 0.0465 e. The van der Waals surface area contributed by atoms with Crippen LogP contribution in [0.15, 0.2) is 11.4 Å². The monoisotopic (exact) mass is 198 g/mol. The van der Waals surface area contributed by atoms with E-state index >= 15 is 0 Å². The third-order valence-electron chi connectivity index (χ3n) is 2.59. The Morgan fingerprint density at radius 1 is 1.46 bits per heavy atom. The second-order valence-corrected chi connectivity index (χ2v) is 4.92. The molecule has 0 aliphatic carbocycles. The maximum atomic E-state index is 9.19. The third kappa shape index (κ3) is 2.82. The molecule has 13 heavy (non-hydrogen) atoms. The molecule has 1 unspecified atom stereocenters. The average molecular weight is 198 g/mol. The molecule has 1 N–H and O–H groups in total. The van der Waals surface area contributed by atoms with E-state index in [1.165, 1.54) is 10.4 Å². The van der Waals surface area contributed by atoms with Gasteiger partial charge in [0.1, 0.15) is 0 Å². The van der Waals surface area contributed by atoms with Gasteiger partial charge in [0.05, 0.1) is 0 Å². The molecule has 1 aromatic rings. The van der Waals surface area contributed by atoms with Crippen LogP contribution in [0.25, 0.3) is 0 Å². The number of hydrogen-bond acceptors (Lipinski definition) is 2. The van der Waals surface area contributed by atoms with Gasteiger partial charge in [0.25, 0.3) is 0 Å². The molecular formula is C11H18OS. The Labute approximate surface area is 84.4 Å². The van der Waals surface area contributed by atoms with Gasteiger partial charge in [0, 0.05) is 11.5 Å². The number of aliphatic hydroxyl groups is 1. The molecule has 0 bridgehead atoms. The summed E-state index contributed by atoms with van der Waals surface area (Å²) in [6.45, 7) is 6.78. The normalized spacial score (nSPS) is 13.6. The lowest BCUT2D eigenvalue weighted by Crippen LogP contribution is -2.15. The molecule has 2 heteroatoms. The molecule has 74 valence electrons. The third-order valence-corrected chi connectivity index (χ3v) is 3.64. The molecule has 0 saturated heterocycles. The van der Waals surface area contributed by atoms with Crippen LogP contribution in [0.5, 0.6) is 0 Å². The zero-order valence-electron chi connectivity index (χ0n) is 8.58. The maximum absolute atomic E-state index is 9.19. The van der Waals surface area contributed by atoms with E-state index in [9.17, 15) is 5.11 Å². The van der Waals surface area contributed by atoms with Crippen LogP contribution in [0.4, 0.5) is 0 Å². The molecule has 0 amide bonds. The van der Waals surface area contributed by atoms with Gasteiger partial charge in [-0.3, -0.25) is 0 Å². The van der Waals surface area contributed by atoms with E-state index in [4.69, 9.17) is 0 Å². The highest BCUT2D eigenvalue weighted by Gasteiger charge is 2.14. The Bertz CT molecular complexity index is 252. The summed E-state index contributed by atoms with van der Waals surface area (Å²) in [4.78, 5) is 1.42. The Kier molecular flexibility index (Phi) is 3.94. The quantitative estimate of drug-likeness (QED) is 0.788. The van der Waals surface area contributed by atoms with E-state index < -0.39 is 0 Å². The predicted octanol–water partition coefficient (Wildman–Crippen LogP) is 2.86. The summed E-state index contributed by atoms with van der Waals surface area (Å²) >= 11 is 1.80. The van der Waals surface area contributed by atoms with Crippen molar-refractivity contribution in [3.63, 3.8) is 0 Å². The van der Waals surface area contributed by atoms with Gasteiger partial charge >= 0.3 is 0 Å². The molecule has 0 spiro atoms. The van der Waals surface area contributed by atoms with E-state index in [0.717, 1.165) is 6.42 Å². The average Bonchev–Trinajstić information content (AvgIpc) is 2.46. The SMILES string of the molecule is Cc1ccsc1CC(CO)C(C)C. The zero-order chi connectivity index (χ0) is 9.84. The molecule has 0 aliphatic heterocycles. The van der Waals surface area contributed by atoms with Crippen LogP contribution in [0.2, 0.25) is 0 Å². The van der Waals surface area contributed by atoms with Gasteiger partial charge in [-0.1, -0.05) is 13.8 Å². The van der Waals surface area contributed by atoms with Crippen LogP contribution in [0.1, 0.15) is 24.3 Å². The summed E-state index contributed by atoms with van der Waals surface area (Å²) in [5.41, 5.74) is 1.36. The number of rotatable bonds is 4. The van der Waals surface area contributed by atoms with Crippen molar-refractivity contribution in [3.8, 4) is 0 Å². The van der Waals surface area contributed by atoms with Gasteiger partial charge in [-0.05, 0) is 42.2 Å². The highest BCUT2D eigenvalue weighted by atomic mass is 32.1. The molecule has 1 atom stereocenters. The first kappa shape index (κ1) is 10.7. The van der Waals surface area contributed by atoms with Crippen molar-refractivity contribution in [2.45, 2.75) is 27.2 Å². The van der Waals surface area contributed by atoms with Crippen molar-refractivity contribution >= 4 is 11.3 Å². The first-order valence-corrected chi connectivity index (χ1v) is 5.67. The minimum absolute atomic E-state index is 0.301. The molecule has 1 aromatic heterocycles. The second kappa shape index (κ2) is 4.77. The van der Waals surface area contributed by atoms with Crippen LogP contribution in [-0.4, -0.2) is 11.7 Å². The van der Waals surface area contributed by atoms with Gasteiger partial charge < -0.3 is 5.11 Å².